The Morgan fingerprint density at radius 3 is 2.74 bits per heavy atom. The molecule has 126 valence electrons. The number of nitrogens with zero attached hydrogens (tertiary/aromatic N) is 2. The lowest BCUT2D eigenvalue weighted by Crippen LogP contribution is -2.50. The molecule has 2 N–H and O–H groups in total. The van der Waals surface area contributed by atoms with Crippen LogP contribution < -0.4 is 5.73 Å². The highest BCUT2D eigenvalue weighted by atomic mass is 16.6. The van der Waals surface area contributed by atoms with Gasteiger partial charge < -0.3 is 20.3 Å². The molecule has 1 saturated heterocycles. The first-order valence-electron chi connectivity index (χ1n) is 8.03. The second-order valence-electron chi connectivity index (χ2n) is 5.86. The van der Waals surface area contributed by atoms with Crippen LogP contribution in [0.1, 0.15) is 24.8 Å². The summed E-state index contributed by atoms with van der Waals surface area (Å²) in [5.74, 6) is -0.117. The Balaban J connectivity index is 1.91. The maximum Gasteiger partial charge on any atom is 0.410 e. The van der Waals surface area contributed by atoms with E-state index in [2.05, 4.69) is 0 Å². The zero-order chi connectivity index (χ0) is 16.7. The van der Waals surface area contributed by atoms with Gasteiger partial charge in [-0.15, -0.1) is 0 Å². The summed E-state index contributed by atoms with van der Waals surface area (Å²) in [6.07, 6.45) is 2.58. The topological polar surface area (TPSA) is 75.9 Å². The van der Waals surface area contributed by atoms with E-state index in [9.17, 15) is 9.59 Å². The highest BCUT2D eigenvalue weighted by Gasteiger charge is 2.29. The number of rotatable bonds is 5. The Morgan fingerprint density at radius 2 is 2.04 bits per heavy atom. The van der Waals surface area contributed by atoms with Gasteiger partial charge in [-0.3, -0.25) is 4.79 Å². The summed E-state index contributed by atoms with van der Waals surface area (Å²) in [5, 5.41) is 0. The molecule has 1 heterocycles. The van der Waals surface area contributed by atoms with Gasteiger partial charge in [0.25, 0.3) is 0 Å². The maximum atomic E-state index is 12.4. The van der Waals surface area contributed by atoms with Gasteiger partial charge in [-0.05, 0) is 24.8 Å². The molecule has 0 bridgehead atoms. The van der Waals surface area contributed by atoms with E-state index in [-0.39, 0.29) is 31.2 Å². The zero-order valence-electron chi connectivity index (χ0n) is 13.6. The number of amides is 2. The average molecular weight is 319 g/mol. The summed E-state index contributed by atoms with van der Waals surface area (Å²) in [5.41, 5.74) is 6.35. The van der Waals surface area contributed by atoms with Crippen LogP contribution in [0.5, 0.6) is 0 Å². The van der Waals surface area contributed by atoms with E-state index in [1.54, 1.807) is 16.8 Å². The van der Waals surface area contributed by atoms with Gasteiger partial charge in [0.05, 0.1) is 12.6 Å². The Labute approximate surface area is 137 Å². The number of piperidine rings is 1. The van der Waals surface area contributed by atoms with Gasteiger partial charge in [0.15, 0.2) is 0 Å². The summed E-state index contributed by atoms with van der Waals surface area (Å²) >= 11 is 0. The number of likely N-dealkylation sites (N-methyl/N-ethyl adjacent to an activating group) is 1. The molecular weight excluding hydrogens is 294 g/mol. The summed E-state index contributed by atoms with van der Waals surface area (Å²) in [6.45, 7) is 1.42. The minimum Gasteiger partial charge on any atom is -0.445 e. The van der Waals surface area contributed by atoms with E-state index in [0.29, 0.717) is 13.1 Å². The van der Waals surface area contributed by atoms with Crippen molar-refractivity contribution in [1.82, 2.24) is 9.80 Å². The van der Waals surface area contributed by atoms with Crippen LogP contribution >= 0.6 is 0 Å². The predicted octanol–water partition coefficient (Wildman–Crippen LogP) is 1.59. The normalized spacial score (nSPS) is 17.7. The largest absolute Gasteiger partial charge is 0.445 e. The molecule has 0 spiro atoms. The number of likely N-dealkylation sites (tertiary alicyclic amines) is 1. The van der Waals surface area contributed by atoms with Crippen molar-refractivity contribution >= 4 is 12.0 Å². The van der Waals surface area contributed by atoms with Crippen LogP contribution in [0.15, 0.2) is 30.3 Å². The first kappa shape index (κ1) is 17.3. The molecule has 1 aromatic carbocycles. The number of hydrogen-bond acceptors (Lipinski definition) is 4. The maximum absolute atomic E-state index is 12.4. The van der Waals surface area contributed by atoms with Gasteiger partial charge in [0, 0.05) is 20.1 Å². The summed E-state index contributed by atoms with van der Waals surface area (Å²) < 4.78 is 5.43. The molecule has 0 aromatic heterocycles. The van der Waals surface area contributed by atoms with E-state index in [1.165, 1.54) is 0 Å². The van der Waals surface area contributed by atoms with Crippen LogP contribution in [-0.4, -0.2) is 54.5 Å². The van der Waals surface area contributed by atoms with E-state index >= 15 is 0 Å². The lowest BCUT2D eigenvalue weighted by Gasteiger charge is -2.37. The van der Waals surface area contributed by atoms with Crippen molar-refractivity contribution in [3.05, 3.63) is 35.9 Å². The molecule has 2 amide bonds. The SMILES string of the molecule is CN(C[C@@H]1CCCCN1C(=O)OCc1ccccc1)C(=O)CN. The molecule has 1 aliphatic heterocycles. The summed E-state index contributed by atoms with van der Waals surface area (Å²) in [6, 6.07) is 9.60. The van der Waals surface area contributed by atoms with Crippen molar-refractivity contribution in [2.45, 2.75) is 31.9 Å². The molecule has 6 nitrogen and oxygen atoms in total. The number of carbonyl (C=O) groups excluding carboxylic acids is 2. The molecule has 2 rings (SSSR count). The molecule has 0 radical (unpaired) electrons. The van der Waals surface area contributed by atoms with Crippen LogP contribution in [0.3, 0.4) is 0 Å². The van der Waals surface area contributed by atoms with Gasteiger partial charge >= 0.3 is 6.09 Å². The zero-order valence-corrected chi connectivity index (χ0v) is 13.6. The molecule has 1 atom stereocenters. The van der Waals surface area contributed by atoms with E-state index in [1.807, 2.05) is 30.3 Å². The molecule has 23 heavy (non-hydrogen) atoms. The molecular formula is C17H25N3O3. The van der Waals surface area contributed by atoms with Crippen molar-refractivity contribution < 1.29 is 14.3 Å². The highest BCUT2D eigenvalue weighted by Crippen LogP contribution is 2.19. The monoisotopic (exact) mass is 319 g/mol. The first-order chi connectivity index (χ1) is 11.1. The molecule has 1 aromatic rings. The lowest BCUT2D eigenvalue weighted by molar-refractivity contribution is -0.129. The van der Waals surface area contributed by atoms with Gasteiger partial charge in [-0.25, -0.2) is 4.79 Å². The minimum absolute atomic E-state index is 0.00692. The molecule has 0 unspecified atom stereocenters. The van der Waals surface area contributed by atoms with Crippen molar-refractivity contribution in [2.24, 2.45) is 5.73 Å². The van der Waals surface area contributed by atoms with Gasteiger partial charge in [0.2, 0.25) is 5.91 Å². The second kappa shape index (κ2) is 8.53. The van der Waals surface area contributed by atoms with Gasteiger partial charge in [-0.1, -0.05) is 30.3 Å². The lowest BCUT2D eigenvalue weighted by atomic mass is 10.0. The van der Waals surface area contributed by atoms with Crippen LogP contribution in [-0.2, 0) is 16.1 Å². The average Bonchev–Trinajstić information content (AvgIpc) is 2.60. The van der Waals surface area contributed by atoms with Crippen LogP contribution in [0, 0.1) is 0 Å². The Hall–Kier alpha value is -2.08. The number of hydrogen-bond donors (Lipinski definition) is 1. The minimum atomic E-state index is -0.313. The molecule has 1 aliphatic rings. The fraction of sp³-hybridized carbons (Fsp3) is 0.529. The number of benzene rings is 1. The predicted molar refractivity (Wildman–Crippen MR) is 87.7 cm³/mol. The van der Waals surface area contributed by atoms with E-state index in [0.717, 1.165) is 24.8 Å². The Kier molecular flexibility index (Phi) is 6.40. The summed E-state index contributed by atoms with van der Waals surface area (Å²) in [4.78, 5) is 27.4. The van der Waals surface area contributed by atoms with Crippen LogP contribution in [0.4, 0.5) is 4.79 Å². The number of ether oxygens (including phenoxy) is 1. The summed E-state index contributed by atoms with van der Waals surface area (Å²) in [7, 11) is 1.72. The fourth-order valence-electron chi connectivity index (χ4n) is 2.81. The third-order valence-electron chi connectivity index (χ3n) is 4.15. The highest BCUT2D eigenvalue weighted by molar-refractivity contribution is 5.77. The van der Waals surface area contributed by atoms with E-state index < -0.39 is 0 Å². The van der Waals surface area contributed by atoms with Crippen molar-refractivity contribution in [1.29, 1.82) is 0 Å². The first-order valence-corrected chi connectivity index (χ1v) is 8.03. The van der Waals surface area contributed by atoms with Crippen molar-refractivity contribution in [3.8, 4) is 0 Å². The fourth-order valence-corrected chi connectivity index (χ4v) is 2.81. The smallest absolute Gasteiger partial charge is 0.410 e. The Bertz CT molecular complexity index is 521. The number of nitrogens with two attached hydrogens (primary N) is 1. The molecule has 0 aliphatic carbocycles. The quantitative estimate of drug-likeness (QED) is 0.894. The molecule has 1 fully saturated rings. The third-order valence-corrected chi connectivity index (χ3v) is 4.15. The van der Waals surface area contributed by atoms with Crippen molar-refractivity contribution in [2.75, 3.05) is 26.7 Å². The van der Waals surface area contributed by atoms with Crippen molar-refractivity contribution in [3.63, 3.8) is 0 Å². The third kappa shape index (κ3) is 4.96. The van der Waals surface area contributed by atoms with Crippen LogP contribution in [0.25, 0.3) is 0 Å². The van der Waals surface area contributed by atoms with Gasteiger partial charge in [-0.2, -0.15) is 0 Å². The standard InChI is InChI=1S/C17H25N3O3/c1-19(16(21)11-18)12-15-9-5-6-10-20(15)17(22)23-13-14-7-3-2-4-8-14/h2-4,7-8,15H,5-6,9-13,18H2,1H3/t15-/m0/s1. The molecule has 6 heteroatoms. The van der Waals surface area contributed by atoms with Crippen LogP contribution in [0.2, 0.25) is 0 Å². The van der Waals surface area contributed by atoms with Gasteiger partial charge in [0.1, 0.15) is 6.61 Å². The number of carbonyl (C=O) groups is 2. The van der Waals surface area contributed by atoms with E-state index in [4.69, 9.17) is 10.5 Å². The second-order valence-corrected chi connectivity index (χ2v) is 5.86. The molecule has 0 saturated carbocycles. The Morgan fingerprint density at radius 1 is 1.30 bits per heavy atom.